The maximum atomic E-state index is 13.1. The van der Waals surface area contributed by atoms with Crippen LogP contribution in [0.2, 0.25) is 0 Å². The molecule has 1 aromatic rings. The lowest BCUT2D eigenvalue weighted by atomic mass is 10.1. The summed E-state index contributed by atoms with van der Waals surface area (Å²) in [5, 5.41) is 22.4. The van der Waals surface area contributed by atoms with Gasteiger partial charge in [-0.05, 0) is 12.5 Å². The van der Waals surface area contributed by atoms with Crippen LogP contribution in [0, 0.1) is 21.8 Å². The van der Waals surface area contributed by atoms with E-state index in [-0.39, 0.29) is 23.8 Å². The van der Waals surface area contributed by atoms with Gasteiger partial charge in [-0.3, -0.25) is 14.9 Å². The van der Waals surface area contributed by atoms with Crippen molar-refractivity contribution in [3.63, 3.8) is 0 Å². The number of anilines is 1. The summed E-state index contributed by atoms with van der Waals surface area (Å²) in [7, 11) is 0. The number of nitro groups is 1. The molecule has 2 atom stereocenters. The summed E-state index contributed by atoms with van der Waals surface area (Å²) in [6.45, 7) is 0. The number of hydrogen-bond acceptors (Lipinski definition) is 4. The highest BCUT2D eigenvalue weighted by atomic mass is 19.1. The summed E-state index contributed by atoms with van der Waals surface area (Å²) in [5.41, 5.74) is -0.195. The fourth-order valence-corrected chi connectivity index (χ4v) is 1.97. The Morgan fingerprint density at radius 3 is 2.79 bits per heavy atom. The average Bonchev–Trinajstić information content (AvgIpc) is 2.77. The summed E-state index contributed by atoms with van der Waals surface area (Å²) in [5.74, 6) is -2.16. The summed E-state index contributed by atoms with van der Waals surface area (Å²) in [6, 6.07) is 2.75. The van der Waals surface area contributed by atoms with Crippen molar-refractivity contribution >= 4 is 17.3 Å². The molecule has 0 bridgehead atoms. The Labute approximate surface area is 107 Å². The van der Waals surface area contributed by atoms with E-state index in [1.807, 2.05) is 0 Å². The monoisotopic (exact) mass is 266 g/mol. The van der Waals surface area contributed by atoms with Gasteiger partial charge in [0, 0.05) is 18.2 Å². The molecule has 0 saturated heterocycles. The SMILES string of the molecule is O=C(O)C1C=CC(Nc2cc(F)ccc2[N+](=O)[O-])C1. The average molecular weight is 266 g/mol. The Kier molecular flexibility index (Phi) is 3.46. The zero-order chi connectivity index (χ0) is 14.0. The van der Waals surface area contributed by atoms with Crippen LogP contribution in [0.25, 0.3) is 0 Å². The number of carboxylic acids is 1. The molecule has 1 aromatic carbocycles. The third kappa shape index (κ3) is 2.87. The molecule has 7 heteroatoms. The van der Waals surface area contributed by atoms with E-state index in [0.717, 1.165) is 18.2 Å². The third-order valence-corrected chi connectivity index (χ3v) is 2.90. The minimum atomic E-state index is -0.950. The van der Waals surface area contributed by atoms with Gasteiger partial charge >= 0.3 is 5.97 Å². The lowest BCUT2D eigenvalue weighted by Gasteiger charge is -2.13. The van der Waals surface area contributed by atoms with Crippen molar-refractivity contribution in [1.82, 2.24) is 0 Å². The molecule has 0 aliphatic heterocycles. The molecule has 2 N–H and O–H groups in total. The van der Waals surface area contributed by atoms with Gasteiger partial charge in [0.05, 0.1) is 10.8 Å². The molecule has 0 aromatic heterocycles. The molecule has 1 aliphatic rings. The van der Waals surface area contributed by atoms with Gasteiger partial charge in [0.15, 0.2) is 0 Å². The Hall–Kier alpha value is -2.44. The molecule has 0 radical (unpaired) electrons. The van der Waals surface area contributed by atoms with Crippen molar-refractivity contribution in [1.29, 1.82) is 0 Å². The van der Waals surface area contributed by atoms with Crippen LogP contribution in [-0.4, -0.2) is 22.0 Å². The number of nitrogens with zero attached hydrogens (tertiary/aromatic N) is 1. The van der Waals surface area contributed by atoms with Crippen molar-refractivity contribution in [2.45, 2.75) is 12.5 Å². The van der Waals surface area contributed by atoms with Gasteiger partial charge in [0.1, 0.15) is 11.5 Å². The molecule has 0 fully saturated rings. The molecule has 6 nitrogen and oxygen atoms in total. The zero-order valence-corrected chi connectivity index (χ0v) is 9.75. The Balaban J connectivity index is 2.16. The van der Waals surface area contributed by atoms with E-state index in [2.05, 4.69) is 5.32 Å². The molecule has 2 unspecified atom stereocenters. The molecule has 100 valence electrons. The number of benzene rings is 1. The molecule has 2 rings (SSSR count). The standard InChI is InChI=1S/C12H11FN2O4/c13-8-2-4-11(15(18)19)10(6-8)14-9-3-1-7(5-9)12(16)17/h1-4,6-7,9,14H,5H2,(H,16,17). The minimum Gasteiger partial charge on any atom is -0.481 e. The van der Waals surface area contributed by atoms with E-state index in [9.17, 15) is 19.3 Å². The fourth-order valence-electron chi connectivity index (χ4n) is 1.97. The molecule has 19 heavy (non-hydrogen) atoms. The van der Waals surface area contributed by atoms with Gasteiger partial charge in [0.2, 0.25) is 0 Å². The molecule has 0 saturated carbocycles. The van der Waals surface area contributed by atoms with E-state index in [4.69, 9.17) is 5.11 Å². The zero-order valence-electron chi connectivity index (χ0n) is 9.75. The van der Waals surface area contributed by atoms with Crippen LogP contribution in [0.3, 0.4) is 0 Å². The number of carboxylic acid groups (broad SMARTS) is 1. The Morgan fingerprint density at radius 1 is 1.47 bits per heavy atom. The van der Waals surface area contributed by atoms with Gasteiger partial charge in [-0.2, -0.15) is 0 Å². The second-order valence-corrected chi connectivity index (χ2v) is 4.23. The van der Waals surface area contributed by atoms with Gasteiger partial charge in [-0.15, -0.1) is 0 Å². The molecule has 0 amide bonds. The van der Waals surface area contributed by atoms with Gasteiger partial charge < -0.3 is 10.4 Å². The van der Waals surface area contributed by atoms with Crippen LogP contribution < -0.4 is 5.32 Å². The quantitative estimate of drug-likeness (QED) is 0.495. The van der Waals surface area contributed by atoms with E-state index in [1.54, 1.807) is 6.08 Å². The maximum absolute atomic E-state index is 13.1. The largest absolute Gasteiger partial charge is 0.481 e. The topological polar surface area (TPSA) is 92.5 Å². The predicted molar refractivity (Wildman–Crippen MR) is 65.3 cm³/mol. The summed E-state index contributed by atoms with van der Waals surface area (Å²) < 4.78 is 13.1. The van der Waals surface area contributed by atoms with Crippen LogP contribution in [-0.2, 0) is 4.79 Å². The molecular weight excluding hydrogens is 255 g/mol. The van der Waals surface area contributed by atoms with Gasteiger partial charge in [-0.25, -0.2) is 4.39 Å². The predicted octanol–water partition coefficient (Wildman–Crippen LogP) is 2.18. The highest BCUT2D eigenvalue weighted by molar-refractivity contribution is 5.73. The van der Waals surface area contributed by atoms with Gasteiger partial charge in [-0.1, -0.05) is 12.2 Å². The minimum absolute atomic E-state index is 0.0469. The van der Waals surface area contributed by atoms with Crippen LogP contribution in [0.5, 0.6) is 0 Å². The van der Waals surface area contributed by atoms with E-state index in [0.29, 0.717) is 0 Å². The molecule has 0 spiro atoms. The number of nitro benzene ring substituents is 1. The number of carbonyl (C=O) groups is 1. The summed E-state index contributed by atoms with van der Waals surface area (Å²) >= 11 is 0. The molecular formula is C12H11FN2O4. The molecule has 1 aliphatic carbocycles. The summed E-state index contributed by atoms with van der Waals surface area (Å²) in [4.78, 5) is 21.0. The van der Waals surface area contributed by atoms with E-state index in [1.165, 1.54) is 6.08 Å². The van der Waals surface area contributed by atoms with Crippen LogP contribution in [0.4, 0.5) is 15.8 Å². The van der Waals surface area contributed by atoms with Crippen molar-refractivity contribution in [3.8, 4) is 0 Å². The smallest absolute Gasteiger partial charge is 0.310 e. The summed E-state index contributed by atoms with van der Waals surface area (Å²) in [6.07, 6.45) is 3.42. The number of hydrogen-bond donors (Lipinski definition) is 2. The lowest BCUT2D eigenvalue weighted by molar-refractivity contribution is -0.384. The van der Waals surface area contributed by atoms with Crippen molar-refractivity contribution in [2.75, 3.05) is 5.32 Å². The number of nitrogens with one attached hydrogen (secondary N) is 1. The number of halogens is 1. The van der Waals surface area contributed by atoms with E-state index < -0.39 is 22.6 Å². The first kappa shape index (κ1) is 13.0. The first-order chi connectivity index (χ1) is 8.97. The molecule has 0 heterocycles. The van der Waals surface area contributed by atoms with Crippen molar-refractivity contribution in [3.05, 3.63) is 46.3 Å². The second kappa shape index (κ2) is 5.05. The maximum Gasteiger partial charge on any atom is 0.310 e. The second-order valence-electron chi connectivity index (χ2n) is 4.23. The van der Waals surface area contributed by atoms with Crippen molar-refractivity contribution < 1.29 is 19.2 Å². The highest BCUT2D eigenvalue weighted by Gasteiger charge is 2.26. The first-order valence-electron chi connectivity index (χ1n) is 5.59. The highest BCUT2D eigenvalue weighted by Crippen LogP contribution is 2.28. The lowest BCUT2D eigenvalue weighted by Crippen LogP contribution is -2.19. The Bertz CT molecular complexity index is 559. The van der Waals surface area contributed by atoms with Crippen molar-refractivity contribution in [2.24, 2.45) is 5.92 Å². The first-order valence-corrected chi connectivity index (χ1v) is 5.59. The van der Waals surface area contributed by atoms with Crippen LogP contribution in [0.1, 0.15) is 6.42 Å². The van der Waals surface area contributed by atoms with Gasteiger partial charge in [0.25, 0.3) is 5.69 Å². The van der Waals surface area contributed by atoms with Crippen LogP contribution in [0.15, 0.2) is 30.4 Å². The van der Waals surface area contributed by atoms with E-state index >= 15 is 0 Å². The Morgan fingerprint density at radius 2 is 2.21 bits per heavy atom. The van der Waals surface area contributed by atoms with Crippen LogP contribution >= 0.6 is 0 Å². The normalized spacial score (nSPS) is 21.3. The fraction of sp³-hybridized carbons (Fsp3) is 0.250. The third-order valence-electron chi connectivity index (χ3n) is 2.90. The number of rotatable bonds is 4. The number of aliphatic carboxylic acids is 1.